The van der Waals surface area contributed by atoms with Gasteiger partial charge in [0.05, 0.1) is 41.2 Å². The summed E-state index contributed by atoms with van der Waals surface area (Å²) in [5.74, 6) is 0.381. The van der Waals surface area contributed by atoms with E-state index < -0.39 is 0 Å². The number of anilines is 1. The number of H-pyrrole nitrogens is 2. The van der Waals surface area contributed by atoms with E-state index in [0.717, 1.165) is 38.4 Å². The van der Waals surface area contributed by atoms with E-state index in [-0.39, 0.29) is 17.5 Å². The number of rotatable bonds is 6. The number of imidazole rings is 1. The summed E-state index contributed by atoms with van der Waals surface area (Å²) >= 11 is 1.04. The van der Waals surface area contributed by atoms with Crippen molar-refractivity contribution in [3.63, 3.8) is 0 Å². The van der Waals surface area contributed by atoms with Crippen molar-refractivity contribution in [2.24, 2.45) is 0 Å². The average Bonchev–Trinajstić information content (AvgIpc) is 3.71. The number of aromatic nitrogens is 7. The smallest absolute Gasteiger partial charge is 0.228 e. The van der Waals surface area contributed by atoms with Crippen LogP contribution < -0.4 is 5.32 Å². The molecule has 0 saturated carbocycles. The largest absolute Gasteiger partial charge is 0.335 e. The molecule has 0 aliphatic rings. The molecule has 1 amide bonds. The van der Waals surface area contributed by atoms with Gasteiger partial charge in [-0.1, -0.05) is 30.3 Å². The number of amides is 1. The Morgan fingerprint density at radius 1 is 0.900 bits per heavy atom. The number of carbonyl (C=O) groups is 1. The summed E-state index contributed by atoms with van der Waals surface area (Å²) in [7, 11) is 0. The highest BCUT2D eigenvalue weighted by Crippen LogP contribution is 2.34. The van der Waals surface area contributed by atoms with E-state index in [4.69, 9.17) is 9.97 Å². The molecule has 6 heterocycles. The molecular formula is C29H19FN8OS. The third-order valence-corrected chi connectivity index (χ3v) is 7.30. The average molecular weight is 547 g/mol. The minimum Gasteiger partial charge on any atom is -0.335 e. The van der Waals surface area contributed by atoms with Gasteiger partial charge in [-0.25, -0.2) is 9.97 Å². The van der Waals surface area contributed by atoms with Crippen LogP contribution in [0, 0.1) is 5.13 Å². The SMILES string of the molecule is O=C(Cc1ccccc1)Nc1cncc(-c2ccc3[nH]nc(-c4nc5c(-c6ccc(F)s6)cncc5[nH]4)c3n2)c1. The van der Waals surface area contributed by atoms with E-state index in [2.05, 4.69) is 30.5 Å². The molecule has 9 nitrogen and oxygen atoms in total. The molecule has 3 N–H and O–H groups in total. The summed E-state index contributed by atoms with van der Waals surface area (Å²) in [6, 6.07) is 18.3. The first-order chi connectivity index (χ1) is 19.6. The number of aromatic amines is 2. The van der Waals surface area contributed by atoms with Crippen LogP contribution >= 0.6 is 11.3 Å². The Labute approximate surface area is 230 Å². The molecule has 40 heavy (non-hydrogen) atoms. The van der Waals surface area contributed by atoms with Gasteiger partial charge >= 0.3 is 0 Å². The number of carbonyl (C=O) groups excluding carboxylic acids is 1. The van der Waals surface area contributed by atoms with Crippen molar-refractivity contribution in [3.05, 3.63) is 96.1 Å². The van der Waals surface area contributed by atoms with Gasteiger partial charge in [0.2, 0.25) is 5.91 Å². The molecule has 0 unspecified atom stereocenters. The molecule has 0 spiro atoms. The topological polar surface area (TPSA) is 125 Å². The van der Waals surface area contributed by atoms with Crippen LogP contribution in [0.3, 0.4) is 0 Å². The lowest BCUT2D eigenvalue weighted by Crippen LogP contribution is -2.14. The van der Waals surface area contributed by atoms with Crippen molar-refractivity contribution < 1.29 is 9.18 Å². The van der Waals surface area contributed by atoms with Crippen molar-refractivity contribution in [2.75, 3.05) is 5.32 Å². The third kappa shape index (κ3) is 4.48. The first-order valence-electron chi connectivity index (χ1n) is 12.3. The summed E-state index contributed by atoms with van der Waals surface area (Å²) in [6.45, 7) is 0. The monoisotopic (exact) mass is 546 g/mol. The minimum atomic E-state index is -0.271. The first kappa shape index (κ1) is 23.8. The van der Waals surface area contributed by atoms with Crippen LogP contribution in [0.4, 0.5) is 10.1 Å². The van der Waals surface area contributed by atoms with Crippen molar-refractivity contribution >= 4 is 45.0 Å². The Kier molecular flexibility index (Phi) is 5.82. The van der Waals surface area contributed by atoms with Crippen molar-refractivity contribution in [1.82, 2.24) is 35.1 Å². The lowest BCUT2D eigenvalue weighted by atomic mass is 10.1. The zero-order chi connectivity index (χ0) is 27.1. The van der Waals surface area contributed by atoms with Crippen molar-refractivity contribution in [2.45, 2.75) is 6.42 Å². The summed E-state index contributed by atoms with van der Waals surface area (Å²) in [6.07, 6.45) is 6.92. The lowest BCUT2D eigenvalue weighted by molar-refractivity contribution is -0.115. The Balaban J connectivity index is 1.21. The maximum absolute atomic E-state index is 13.7. The number of thiophene rings is 1. The van der Waals surface area contributed by atoms with Crippen molar-refractivity contribution in [1.29, 1.82) is 0 Å². The van der Waals surface area contributed by atoms with Crippen molar-refractivity contribution in [3.8, 4) is 33.2 Å². The van der Waals surface area contributed by atoms with Gasteiger partial charge in [0.1, 0.15) is 11.0 Å². The second-order valence-corrected chi connectivity index (χ2v) is 10.1. The fourth-order valence-corrected chi connectivity index (χ4v) is 5.29. The van der Waals surface area contributed by atoms with E-state index in [9.17, 15) is 9.18 Å². The highest BCUT2D eigenvalue weighted by atomic mass is 32.1. The van der Waals surface area contributed by atoms with Gasteiger partial charge in [0, 0.05) is 28.4 Å². The molecule has 7 aromatic rings. The number of benzene rings is 1. The molecular weight excluding hydrogens is 527 g/mol. The Morgan fingerprint density at radius 2 is 1.77 bits per heavy atom. The van der Waals surface area contributed by atoms with Gasteiger partial charge in [-0.15, -0.1) is 11.3 Å². The first-order valence-corrected chi connectivity index (χ1v) is 13.2. The molecule has 11 heteroatoms. The zero-order valence-electron chi connectivity index (χ0n) is 20.7. The number of halogens is 1. The van der Waals surface area contributed by atoms with E-state index in [1.807, 2.05) is 48.5 Å². The Hall–Kier alpha value is -5.29. The highest BCUT2D eigenvalue weighted by Gasteiger charge is 2.18. The normalized spacial score (nSPS) is 11.3. The molecule has 0 radical (unpaired) electrons. The number of nitrogens with zero attached hydrogens (tertiary/aromatic N) is 5. The second kappa shape index (κ2) is 9.79. The predicted molar refractivity (Wildman–Crippen MR) is 152 cm³/mol. The molecule has 0 aliphatic carbocycles. The van der Waals surface area contributed by atoms with Gasteiger partial charge < -0.3 is 10.3 Å². The van der Waals surface area contributed by atoms with Crippen LogP contribution in [0.15, 0.2) is 85.5 Å². The number of hydrogen-bond donors (Lipinski definition) is 3. The van der Waals surface area contributed by atoms with Gasteiger partial charge in [-0.3, -0.25) is 19.9 Å². The quantitative estimate of drug-likeness (QED) is 0.235. The number of nitrogens with one attached hydrogen (secondary N) is 3. The maximum atomic E-state index is 13.7. The van der Waals surface area contributed by atoms with E-state index >= 15 is 0 Å². The summed E-state index contributed by atoms with van der Waals surface area (Å²) in [5, 5.41) is 10.1. The zero-order valence-corrected chi connectivity index (χ0v) is 21.5. The number of hydrogen-bond acceptors (Lipinski definition) is 7. The molecule has 6 aromatic heterocycles. The van der Waals surface area contributed by atoms with E-state index in [1.165, 1.54) is 6.07 Å². The summed E-state index contributed by atoms with van der Waals surface area (Å²) < 4.78 is 13.7. The maximum Gasteiger partial charge on any atom is 0.228 e. The highest BCUT2D eigenvalue weighted by molar-refractivity contribution is 7.14. The van der Waals surface area contributed by atoms with Gasteiger partial charge in [0.15, 0.2) is 16.6 Å². The molecule has 0 saturated heterocycles. The Morgan fingerprint density at radius 3 is 2.62 bits per heavy atom. The Bertz CT molecular complexity index is 2010. The minimum absolute atomic E-state index is 0.130. The molecule has 0 bridgehead atoms. The van der Waals surface area contributed by atoms with Gasteiger partial charge in [0.25, 0.3) is 0 Å². The lowest BCUT2D eigenvalue weighted by Gasteiger charge is -2.07. The van der Waals surface area contributed by atoms with Crippen LogP contribution in [0.5, 0.6) is 0 Å². The number of fused-ring (bicyclic) bond motifs is 2. The molecule has 1 aromatic carbocycles. The van der Waals surface area contributed by atoms with E-state index in [1.54, 1.807) is 30.9 Å². The van der Waals surface area contributed by atoms with E-state index in [0.29, 0.717) is 39.4 Å². The fourth-order valence-electron chi connectivity index (χ4n) is 4.54. The molecule has 7 rings (SSSR count). The molecule has 0 atom stereocenters. The molecule has 194 valence electrons. The third-order valence-electron chi connectivity index (χ3n) is 6.39. The predicted octanol–water partition coefficient (Wildman–Crippen LogP) is 6.01. The second-order valence-electron chi connectivity index (χ2n) is 9.11. The van der Waals surface area contributed by atoms with Crippen LogP contribution in [0.1, 0.15) is 5.56 Å². The van der Waals surface area contributed by atoms with Gasteiger partial charge in [-0.05, 0) is 35.9 Å². The fraction of sp³-hybridized carbons (Fsp3) is 0.0345. The summed E-state index contributed by atoms with van der Waals surface area (Å²) in [5.41, 5.74) is 6.91. The molecule has 0 aliphatic heterocycles. The molecule has 0 fully saturated rings. The summed E-state index contributed by atoms with van der Waals surface area (Å²) in [4.78, 5) is 34.8. The van der Waals surface area contributed by atoms with Crippen LogP contribution in [0.25, 0.3) is 55.3 Å². The van der Waals surface area contributed by atoms with Crippen LogP contribution in [-0.2, 0) is 11.2 Å². The van der Waals surface area contributed by atoms with Crippen LogP contribution in [-0.4, -0.2) is 41.0 Å². The number of pyridine rings is 3. The van der Waals surface area contributed by atoms with Gasteiger partial charge in [-0.2, -0.15) is 9.49 Å². The van der Waals surface area contributed by atoms with Crippen LogP contribution in [0.2, 0.25) is 0 Å². The standard InChI is InChI=1S/C29H19FN8OS/c30-24-9-8-23(40-24)19-14-32-15-22-26(19)36-29(35-22)28-27-21(37-38-28)7-6-20(34-27)17-11-18(13-31-12-17)33-25(39)10-16-4-2-1-3-5-16/h1-9,11-15H,10H2,(H,33,39)(H,35,36)(H,37,38).